The Morgan fingerprint density at radius 2 is 1.37 bits per heavy atom. The largest absolute Gasteiger partial charge is 0.507 e. The second-order valence-electron chi connectivity index (χ2n) is 4.50. The molecule has 0 bridgehead atoms. The Balaban J connectivity index is 0.00000133. The third-order valence-electron chi connectivity index (χ3n) is 3.28. The van der Waals surface area contributed by atoms with Crippen molar-refractivity contribution in [2.45, 2.75) is 6.92 Å². The molecular formula is C17H14AcO. The third-order valence-corrected chi connectivity index (χ3v) is 3.28. The molecule has 1 N–H and O–H groups in total. The zero-order valence-corrected chi connectivity index (χ0v) is 15.5. The predicted octanol–water partition coefficient (Wildman–Crippen LogP) is 4.52. The first kappa shape index (κ1) is 14.6. The summed E-state index contributed by atoms with van der Waals surface area (Å²) in [4.78, 5) is 0. The maximum Gasteiger partial charge on any atom is 0.123 e. The number of phenols is 1. The van der Waals surface area contributed by atoms with Crippen LogP contribution in [-0.4, -0.2) is 5.11 Å². The summed E-state index contributed by atoms with van der Waals surface area (Å²) in [5, 5.41) is 12.0. The second kappa shape index (κ2) is 6.08. The van der Waals surface area contributed by atoms with Gasteiger partial charge in [0, 0.05) is 49.4 Å². The molecule has 0 aliphatic heterocycles. The molecule has 0 aromatic heterocycles. The van der Waals surface area contributed by atoms with E-state index in [1.54, 1.807) is 0 Å². The molecular weight excluding hydrogens is 447 g/mol. The molecule has 0 aliphatic rings. The Morgan fingerprint density at radius 3 is 2.05 bits per heavy atom. The summed E-state index contributed by atoms with van der Waals surface area (Å²) in [7, 11) is 0. The molecule has 0 aliphatic carbocycles. The van der Waals surface area contributed by atoms with Gasteiger partial charge < -0.3 is 5.11 Å². The van der Waals surface area contributed by atoms with Crippen LogP contribution in [0.1, 0.15) is 5.56 Å². The Morgan fingerprint density at radius 1 is 0.789 bits per heavy atom. The van der Waals surface area contributed by atoms with Gasteiger partial charge in [-0.05, 0) is 35.1 Å². The summed E-state index contributed by atoms with van der Waals surface area (Å²) in [5.41, 5.74) is 3.48. The fraction of sp³-hybridized carbons (Fsp3) is 0.0588. The molecule has 0 unspecified atom stereocenters. The van der Waals surface area contributed by atoms with Crippen LogP contribution in [0.2, 0.25) is 0 Å². The number of fused-ring (bicyclic) bond motifs is 1. The van der Waals surface area contributed by atoms with Gasteiger partial charge >= 0.3 is 0 Å². The van der Waals surface area contributed by atoms with E-state index in [1.165, 1.54) is 11.1 Å². The van der Waals surface area contributed by atoms with Gasteiger partial charge in [0.2, 0.25) is 0 Å². The number of hydrogen-bond donors (Lipinski definition) is 1. The quantitative estimate of drug-likeness (QED) is 0.565. The number of phenolic OH excluding ortho intramolecular Hbond substituents is 1. The van der Waals surface area contributed by atoms with Crippen LogP contribution < -0.4 is 0 Å². The topological polar surface area (TPSA) is 20.2 Å². The monoisotopic (exact) mass is 461 g/mol. The predicted molar refractivity (Wildman–Crippen MR) is 75.8 cm³/mol. The first-order valence-electron chi connectivity index (χ1n) is 6.04. The normalized spacial score (nSPS) is 10.2. The van der Waals surface area contributed by atoms with Gasteiger partial charge in [-0.2, -0.15) is 0 Å². The Labute approximate surface area is 148 Å². The van der Waals surface area contributed by atoms with Crippen LogP contribution in [0.5, 0.6) is 5.75 Å². The minimum absolute atomic E-state index is 0. The average Bonchev–Trinajstić information content (AvgIpc) is 2.40. The summed E-state index contributed by atoms with van der Waals surface area (Å²) in [6.45, 7) is 2.04. The van der Waals surface area contributed by atoms with Gasteiger partial charge in [0.1, 0.15) is 5.75 Å². The number of hydrogen-bond acceptors (Lipinski definition) is 1. The summed E-state index contributed by atoms with van der Waals surface area (Å²) in [6.07, 6.45) is 0. The summed E-state index contributed by atoms with van der Waals surface area (Å²) in [6, 6.07) is 20.1. The van der Waals surface area contributed by atoms with Crippen LogP contribution in [0.4, 0.5) is 0 Å². The van der Waals surface area contributed by atoms with E-state index in [0.717, 1.165) is 16.3 Å². The molecule has 2 heteroatoms. The standard InChI is InChI=1S/C17H14O.Ac/c1-12-11-16(18)14-9-5-6-10-15(14)17(12)13-7-3-2-4-8-13;/h2-11,18H,1H3;. The number of rotatable bonds is 1. The van der Waals surface area contributed by atoms with Crippen molar-refractivity contribution in [3.8, 4) is 16.9 Å². The Hall–Kier alpha value is -0.838. The molecule has 1 nitrogen and oxygen atoms in total. The molecule has 3 aromatic carbocycles. The van der Waals surface area contributed by atoms with Gasteiger partial charge in [0.15, 0.2) is 0 Å². The molecule has 3 rings (SSSR count). The smallest absolute Gasteiger partial charge is 0.123 e. The van der Waals surface area contributed by atoms with Crippen LogP contribution in [0.3, 0.4) is 0 Å². The van der Waals surface area contributed by atoms with E-state index in [9.17, 15) is 5.11 Å². The maximum atomic E-state index is 10.0. The molecule has 1 radical (unpaired) electrons. The van der Waals surface area contributed by atoms with Crippen molar-refractivity contribution in [1.82, 2.24) is 0 Å². The van der Waals surface area contributed by atoms with Crippen molar-refractivity contribution >= 4 is 10.8 Å². The fourth-order valence-electron chi connectivity index (χ4n) is 2.48. The van der Waals surface area contributed by atoms with Crippen molar-refractivity contribution in [3.63, 3.8) is 0 Å². The molecule has 19 heavy (non-hydrogen) atoms. The van der Waals surface area contributed by atoms with Gasteiger partial charge in [0.25, 0.3) is 0 Å². The molecule has 0 saturated heterocycles. The molecule has 91 valence electrons. The summed E-state index contributed by atoms with van der Waals surface area (Å²) in [5.74, 6) is 0.350. The minimum atomic E-state index is 0. The first-order valence-corrected chi connectivity index (χ1v) is 6.04. The van der Waals surface area contributed by atoms with Crippen molar-refractivity contribution in [2.75, 3.05) is 0 Å². The molecule has 3 aromatic rings. The van der Waals surface area contributed by atoms with E-state index in [0.29, 0.717) is 5.75 Å². The van der Waals surface area contributed by atoms with E-state index in [1.807, 2.05) is 49.4 Å². The Bertz CT molecular complexity index is 705. The van der Waals surface area contributed by atoms with E-state index >= 15 is 0 Å². The van der Waals surface area contributed by atoms with Gasteiger partial charge in [-0.3, -0.25) is 0 Å². The second-order valence-corrected chi connectivity index (χ2v) is 4.50. The first-order chi connectivity index (χ1) is 8.77. The zero-order valence-electron chi connectivity index (χ0n) is 10.8. The number of aryl methyl sites for hydroxylation is 1. The fourth-order valence-corrected chi connectivity index (χ4v) is 2.48. The molecule has 0 amide bonds. The molecule has 0 spiro atoms. The van der Waals surface area contributed by atoms with E-state index in [2.05, 4.69) is 18.2 Å². The van der Waals surface area contributed by atoms with Crippen LogP contribution in [0, 0.1) is 51.0 Å². The number of aromatic hydroxyl groups is 1. The van der Waals surface area contributed by atoms with Crippen LogP contribution in [0.25, 0.3) is 21.9 Å². The average molecular weight is 461 g/mol. The van der Waals surface area contributed by atoms with Gasteiger partial charge in [-0.15, -0.1) is 0 Å². The van der Waals surface area contributed by atoms with Crippen molar-refractivity contribution in [2.24, 2.45) is 0 Å². The van der Waals surface area contributed by atoms with Gasteiger partial charge in [-0.25, -0.2) is 0 Å². The van der Waals surface area contributed by atoms with Gasteiger partial charge in [0.05, 0.1) is 0 Å². The maximum absolute atomic E-state index is 10.0. The summed E-state index contributed by atoms with van der Waals surface area (Å²) < 4.78 is 0. The van der Waals surface area contributed by atoms with Crippen molar-refractivity contribution in [3.05, 3.63) is 66.2 Å². The number of benzene rings is 3. The van der Waals surface area contributed by atoms with Crippen molar-refractivity contribution in [1.29, 1.82) is 0 Å². The molecule has 0 atom stereocenters. The van der Waals surface area contributed by atoms with Crippen molar-refractivity contribution < 1.29 is 49.2 Å². The van der Waals surface area contributed by atoms with E-state index < -0.39 is 0 Å². The molecule has 0 saturated carbocycles. The van der Waals surface area contributed by atoms with E-state index in [4.69, 9.17) is 0 Å². The van der Waals surface area contributed by atoms with E-state index in [-0.39, 0.29) is 44.1 Å². The van der Waals surface area contributed by atoms with Crippen LogP contribution in [-0.2, 0) is 0 Å². The van der Waals surface area contributed by atoms with Crippen LogP contribution in [0.15, 0.2) is 60.7 Å². The third kappa shape index (κ3) is 2.71. The van der Waals surface area contributed by atoms with Gasteiger partial charge in [-0.1, -0.05) is 54.6 Å². The SMILES string of the molecule is Cc1cc(O)c2ccccc2c1-c1ccccc1.[Ac]. The Kier molecular flexibility index (Phi) is 4.66. The molecule has 0 heterocycles. The summed E-state index contributed by atoms with van der Waals surface area (Å²) >= 11 is 0. The van der Waals surface area contributed by atoms with Crippen LogP contribution >= 0.6 is 0 Å². The minimum Gasteiger partial charge on any atom is -0.507 e. The zero-order chi connectivity index (χ0) is 12.5. The molecule has 0 fully saturated rings.